The molecule has 5 nitrogen and oxygen atoms in total. The fourth-order valence-corrected chi connectivity index (χ4v) is 4.69. The summed E-state index contributed by atoms with van der Waals surface area (Å²) in [5.74, 6) is -0.152. The maximum atomic E-state index is 13.2. The number of fused-ring (bicyclic) bond motifs is 1. The first-order valence-corrected chi connectivity index (χ1v) is 10.9. The molecule has 30 heavy (non-hydrogen) atoms. The predicted molar refractivity (Wildman–Crippen MR) is 117 cm³/mol. The Bertz CT molecular complexity index is 915. The zero-order chi connectivity index (χ0) is 21.1. The summed E-state index contributed by atoms with van der Waals surface area (Å²) >= 11 is 6.07. The van der Waals surface area contributed by atoms with E-state index in [1.165, 1.54) is 11.1 Å². The Morgan fingerprint density at radius 3 is 2.40 bits per heavy atom. The second-order valence-corrected chi connectivity index (χ2v) is 8.98. The summed E-state index contributed by atoms with van der Waals surface area (Å²) in [7, 11) is 0. The number of alkyl carbamates (subject to hydrolysis) is 1. The number of carbonyl (C=O) groups is 2. The normalized spacial score (nSPS) is 18.6. The van der Waals surface area contributed by atoms with Crippen molar-refractivity contribution in [1.82, 2.24) is 10.2 Å². The standard InChI is InChI=1S/C24H27ClN2O3/c1-24(14-18-7-2-3-8-19(18)15-24)30-23(29)26-21(16-27-11-4-5-12-27)22(28)17-9-6-10-20(25)13-17/h2-3,6-10,13,21H,4-5,11-12,14-16H2,1H3,(H,26,29). The van der Waals surface area contributed by atoms with Gasteiger partial charge >= 0.3 is 6.09 Å². The van der Waals surface area contributed by atoms with E-state index >= 15 is 0 Å². The Balaban J connectivity index is 1.45. The minimum absolute atomic E-state index is 0.152. The summed E-state index contributed by atoms with van der Waals surface area (Å²) in [6.45, 7) is 4.28. The molecule has 1 N–H and O–H groups in total. The van der Waals surface area contributed by atoms with E-state index in [4.69, 9.17) is 16.3 Å². The van der Waals surface area contributed by atoms with Gasteiger partial charge < -0.3 is 15.0 Å². The van der Waals surface area contributed by atoms with Crippen molar-refractivity contribution in [2.75, 3.05) is 19.6 Å². The first-order valence-electron chi connectivity index (χ1n) is 10.5. The number of hydrogen-bond donors (Lipinski definition) is 1. The van der Waals surface area contributed by atoms with Gasteiger partial charge in [-0.05, 0) is 56.1 Å². The molecule has 0 bridgehead atoms. The third kappa shape index (κ3) is 4.85. The van der Waals surface area contributed by atoms with Crippen molar-refractivity contribution in [2.45, 2.75) is 44.2 Å². The average Bonchev–Trinajstić information content (AvgIpc) is 3.33. The highest BCUT2D eigenvalue weighted by Gasteiger charge is 2.37. The second-order valence-electron chi connectivity index (χ2n) is 8.54. The Labute approximate surface area is 182 Å². The molecule has 1 unspecified atom stereocenters. The van der Waals surface area contributed by atoms with Gasteiger partial charge in [-0.15, -0.1) is 0 Å². The molecule has 6 heteroatoms. The molecule has 158 valence electrons. The molecular weight excluding hydrogens is 400 g/mol. The molecule has 1 amide bonds. The Morgan fingerprint density at radius 1 is 1.10 bits per heavy atom. The third-order valence-electron chi connectivity index (χ3n) is 5.94. The van der Waals surface area contributed by atoms with Gasteiger partial charge in [-0.3, -0.25) is 4.79 Å². The van der Waals surface area contributed by atoms with Crippen molar-refractivity contribution in [3.05, 3.63) is 70.2 Å². The Morgan fingerprint density at radius 2 is 1.77 bits per heavy atom. The minimum Gasteiger partial charge on any atom is -0.443 e. The van der Waals surface area contributed by atoms with Crippen LogP contribution in [0.3, 0.4) is 0 Å². The average molecular weight is 427 g/mol. The molecule has 1 fully saturated rings. The van der Waals surface area contributed by atoms with Crippen LogP contribution in [0, 0.1) is 0 Å². The highest BCUT2D eigenvalue weighted by molar-refractivity contribution is 6.31. The van der Waals surface area contributed by atoms with Crippen molar-refractivity contribution in [3.63, 3.8) is 0 Å². The number of hydrogen-bond acceptors (Lipinski definition) is 4. The van der Waals surface area contributed by atoms with Crippen LogP contribution in [0.4, 0.5) is 4.79 Å². The number of ether oxygens (including phenoxy) is 1. The van der Waals surface area contributed by atoms with Gasteiger partial charge in [0.2, 0.25) is 0 Å². The van der Waals surface area contributed by atoms with Crippen LogP contribution in [0.2, 0.25) is 5.02 Å². The van der Waals surface area contributed by atoms with Gasteiger partial charge in [0.1, 0.15) is 11.6 Å². The summed E-state index contributed by atoms with van der Waals surface area (Å²) in [4.78, 5) is 28.2. The van der Waals surface area contributed by atoms with Crippen molar-refractivity contribution in [3.8, 4) is 0 Å². The zero-order valence-corrected chi connectivity index (χ0v) is 18.0. The number of amides is 1. The lowest BCUT2D eigenvalue weighted by atomic mass is 10.0. The molecule has 0 aromatic heterocycles. The van der Waals surface area contributed by atoms with Gasteiger partial charge in [0.15, 0.2) is 5.78 Å². The van der Waals surface area contributed by atoms with Crippen LogP contribution in [0.1, 0.15) is 41.3 Å². The number of carbonyl (C=O) groups excluding carboxylic acids is 2. The number of ketones is 1. The van der Waals surface area contributed by atoms with E-state index in [0.717, 1.165) is 25.9 Å². The summed E-state index contributed by atoms with van der Waals surface area (Å²) in [5, 5.41) is 3.34. The van der Waals surface area contributed by atoms with Gasteiger partial charge in [0.25, 0.3) is 0 Å². The van der Waals surface area contributed by atoms with Gasteiger partial charge in [-0.25, -0.2) is 4.79 Å². The van der Waals surface area contributed by atoms with E-state index in [1.807, 2.05) is 19.1 Å². The second kappa shape index (κ2) is 8.78. The van der Waals surface area contributed by atoms with Gasteiger partial charge in [0.05, 0.1) is 0 Å². The molecule has 0 saturated carbocycles. The smallest absolute Gasteiger partial charge is 0.408 e. The number of Topliss-reactive ketones (excluding diaryl/α,β-unsaturated/α-hetero) is 1. The minimum atomic E-state index is -0.679. The van der Waals surface area contributed by atoms with E-state index in [2.05, 4.69) is 22.3 Å². The summed E-state index contributed by atoms with van der Waals surface area (Å²) in [6, 6.07) is 14.3. The first-order chi connectivity index (χ1) is 14.4. The van der Waals surface area contributed by atoms with Crippen LogP contribution < -0.4 is 5.32 Å². The largest absolute Gasteiger partial charge is 0.443 e. The number of halogens is 1. The van der Waals surface area contributed by atoms with Crippen molar-refractivity contribution >= 4 is 23.5 Å². The lowest BCUT2D eigenvalue weighted by Gasteiger charge is -2.28. The summed E-state index contributed by atoms with van der Waals surface area (Å²) in [6.07, 6.45) is 3.02. The first kappa shape index (κ1) is 20.9. The summed E-state index contributed by atoms with van der Waals surface area (Å²) in [5.41, 5.74) is 2.30. The highest BCUT2D eigenvalue weighted by atomic mass is 35.5. The number of likely N-dealkylation sites (tertiary alicyclic amines) is 1. The molecule has 0 spiro atoms. The van der Waals surface area contributed by atoms with Crippen molar-refractivity contribution in [1.29, 1.82) is 0 Å². The van der Waals surface area contributed by atoms with Gasteiger partial charge in [-0.2, -0.15) is 0 Å². The molecule has 1 atom stereocenters. The van der Waals surface area contributed by atoms with E-state index in [0.29, 0.717) is 30.0 Å². The third-order valence-corrected chi connectivity index (χ3v) is 6.18. The molecule has 2 aliphatic rings. The van der Waals surface area contributed by atoms with Crippen LogP contribution in [-0.2, 0) is 17.6 Å². The van der Waals surface area contributed by atoms with Crippen LogP contribution >= 0.6 is 11.6 Å². The number of benzene rings is 2. The van der Waals surface area contributed by atoms with E-state index < -0.39 is 17.7 Å². The number of rotatable bonds is 6. The molecule has 2 aromatic rings. The molecule has 1 heterocycles. The van der Waals surface area contributed by atoms with Crippen LogP contribution in [0.5, 0.6) is 0 Å². The number of nitrogens with one attached hydrogen (secondary N) is 1. The van der Waals surface area contributed by atoms with E-state index in [9.17, 15) is 9.59 Å². The fourth-order valence-electron chi connectivity index (χ4n) is 4.50. The van der Waals surface area contributed by atoms with Gasteiger partial charge in [-0.1, -0.05) is 48.0 Å². The molecule has 1 saturated heterocycles. The Kier molecular flexibility index (Phi) is 6.11. The molecule has 1 aliphatic carbocycles. The molecular formula is C24H27ClN2O3. The van der Waals surface area contributed by atoms with Crippen molar-refractivity contribution < 1.29 is 14.3 Å². The van der Waals surface area contributed by atoms with Crippen LogP contribution in [0.25, 0.3) is 0 Å². The topological polar surface area (TPSA) is 58.6 Å². The highest BCUT2D eigenvalue weighted by Crippen LogP contribution is 2.32. The van der Waals surface area contributed by atoms with Crippen molar-refractivity contribution in [2.24, 2.45) is 0 Å². The molecule has 1 aliphatic heterocycles. The number of nitrogens with zero attached hydrogens (tertiary/aromatic N) is 1. The monoisotopic (exact) mass is 426 g/mol. The molecule has 4 rings (SSSR count). The summed E-state index contributed by atoms with van der Waals surface area (Å²) < 4.78 is 5.84. The fraction of sp³-hybridized carbons (Fsp3) is 0.417. The zero-order valence-electron chi connectivity index (χ0n) is 17.2. The maximum Gasteiger partial charge on any atom is 0.408 e. The SMILES string of the molecule is CC1(OC(=O)NC(CN2CCCC2)C(=O)c2cccc(Cl)c2)Cc2ccccc2C1. The molecule has 2 aromatic carbocycles. The van der Waals surface area contributed by atoms with Gasteiger partial charge in [0, 0.05) is 30.0 Å². The quantitative estimate of drug-likeness (QED) is 0.701. The molecule has 0 radical (unpaired) electrons. The van der Waals surface area contributed by atoms with E-state index in [-0.39, 0.29) is 5.78 Å². The maximum absolute atomic E-state index is 13.2. The Hall–Kier alpha value is -2.37. The predicted octanol–water partition coefficient (Wildman–Crippen LogP) is 4.27. The van der Waals surface area contributed by atoms with Crippen LogP contribution in [-0.4, -0.2) is 48.1 Å². The lowest BCUT2D eigenvalue weighted by Crippen LogP contribution is -2.50. The van der Waals surface area contributed by atoms with Crippen LogP contribution in [0.15, 0.2) is 48.5 Å². The van der Waals surface area contributed by atoms with E-state index in [1.54, 1.807) is 24.3 Å². The lowest BCUT2D eigenvalue weighted by molar-refractivity contribution is 0.0298.